The number of carboxylic acids is 1. The van der Waals surface area contributed by atoms with Crippen molar-refractivity contribution in [2.24, 2.45) is 5.92 Å². The molecule has 2 heterocycles. The summed E-state index contributed by atoms with van der Waals surface area (Å²) >= 11 is 0. The Labute approximate surface area is 144 Å². The van der Waals surface area contributed by atoms with Crippen molar-refractivity contribution >= 4 is 22.0 Å². The Morgan fingerprint density at radius 3 is 2.64 bits per heavy atom. The highest BCUT2D eigenvalue weighted by Crippen LogP contribution is 2.45. The molecule has 136 valence electrons. The number of hydrogen-bond acceptors (Lipinski definition) is 5. The predicted octanol–water partition coefficient (Wildman–Crippen LogP) is 1.17. The standard InChI is InChI=1S/C16H18FNO6S/c1-24-15(19)6-9-2-4-11(8-13(9)17)25(22,23)18-10-3-5-14(18)12(7-10)16(20)21/h2,4,8,10,12,14H,3,5-7H2,1H3,(H,20,21). The summed E-state index contributed by atoms with van der Waals surface area (Å²) in [5.74, 6) is -3.17. The van der Waals surface area contributed by atoms with Gasteiger partial charge in [-0.1, -0.05) is 6.07 Å². The molecule has 7 nitrogen and oxygen atoms in total. The van der Waals surface area contributed by atoms with Crippen molar-refractivity contribution in [2.75, 3.05) is 7.11 Å². The second kappa shape index (κ2) is 6.38. The van der Waals surface area contributed by atoms with Crippen LogP contribution in [-0.4, -0.2) is 49.0 Å². The number of carboxylic acid groups (broad SMARTS) is 1. The summed E-state index contributed by atoms with van der Waals surface area (Å²) in [4.78, 5) is 22.3. The van der Waals surface area contributed by atoms with E-state index in [0.717, 1.165) is 6.07 Å². The molecule has 2 aliphatic heterocycles. The maximum Gasteiger partial charge on any atom is 0.310 e. The van der Waals surface area contributed by atoms with Gasteiger partial charge in [-0.2, -0.15) is 4.31 Å². The SMILES string of the molecule is COC(=O)Cc1ccc(S(=O)(=O)N2C3CCC2C(C(=O)O)C3)cc1F. The van der Waals surface area contributed by atoms with Crippen molar-refractivity contribution in [3.05, 3.63) is 29.6 Å². The maximum atomic E-state index is 14.2. The molecule has 0 saturated carbocycles. The molecule has 2 aliphatic rings. The molecular weight excluding hydrogens is 353 g/mol. The van der Waals surface area contributed by atoms with Crippen LogP contribution in [0.25, 0.3) is 0 Å². The highest BCUT2D eigenvalue weighted by Gasteiger charge is 2.54. The fraction of sp³-hybridized carbons (Fsp3) is 0.500. The molecule has 1 N–H and O–H groups in total. The fourth-order valence-electron chi connectivity index (χ4n) is 3.76. The molecule has 2 saturated heterocycles. The summed E-state index contributed by atoms with van der Waals surface area (Å²) in [5, 5.41) is 9.25. The molecular formula is C16H18FNO6S. The molecule has 3 atom stereocenters. The number of carbonyl (C=O) groups is 2. The zero-order chi connectivity index (χ0) is 18.4. The van der Waals surface area contributed by atoms with E-state index in [1.54, 1.807) is 0 Å². The Morgan fingerprint density at radius 2 is 2.08 bits per heavy atom. The van der Waals surface area contributed by atoms with E-state index < -0.39 is 39.7 Å². The molecule has 0 amide bonds. The number of benzene rings is 1. The first-order valence-corrected chi connectivity index (χ1v) is 9.31. The first-order chi connectivity index (χ1) is 11.8. The summed E-state index contributed by atoms with van der Waals surface area (Å²) in [6.07, 6.45) is 1.08. The molecule has 1 aromatic carbocycles. The fourth-order valence-corrected chi connectivity index (χ4v) is 5.69. The van der Waals surface area contributed by atoms with Crippen LogP contribution in [0.5, 0.6) is 0 Å². The minimum absolute atomic E-state index is 0.0404. The van der Waals surface area contributed by atoms with Gasteiger partial charge in [-0.3, -0.25) is 9.59 Å². The number of sulfonamides is 1. The number of hydrogen-bond donors (Lipinski definition) is 1. The van der Waals surface area contributed by atoms with Crippen molar-refractivity contribution in [3.8, 4) is 0 Å². The molecule has 9 heteroatoms. The zero-order valence-electron chi connectivity index (χ0n) is 13.5. The van der Waals surface area contributed by atoms with Gasteiger partial charge in [-0.05, 0) is 37.0 Å². The third-order valence-corrected chi connectivity index (χ3v) is 6.93. The minimum Gasteiger partial charge on any atom is -0.481 e. The van der Waals surface area contributed by atoms with E-state index >= 15 is 0 Å². The largest absolute Gasteiger partial charge is 0.481 e. The third-order valence-electron chi connectivity index (χ3n) is 4.95. The van der Waals surface area contributed by atoms with Gasteiger partial charge in [0, 0.05) is 12.1 Å². The Balaban J connectivity index is 1.90. The van der Waals surface area contributed by atoms with Gasteiger partial charge in [0.05, 0.1) is 24.3 Å². The highest BCUT2D eigenvalue weighted by atomic mass is 32.2. The van der Waals surface area contributed by atoms with E-state index in [4.69, 9.17) is 0 Å². The van der Waals surface area contributed by atoms with Crippen LogP contribution in [0.3, 0.4) is 0 Å². The van der Waals surface area contributed by atoms with E-state index in [-0.39, 0.29) is 29.3 Å². The molecule has 25 heavy (non-hydrogen) atoms. The Hall–Kier alpha value is -2.00. The van der Waals surface area contributed by atoms with Crippen LogP contribution >= 0.6 is 0 Å². The lowest BCUT2D eigenvalue weighted by Gasteiger charge is -2.22. The van der Waals surface area contributed by atoms with Gasteiger partial charge in [-0.25, -0.2) is 12.8 Å². The lowest BCUT2D eigenvalue weighted by molar-refractivity contribution is -0.142. The molecule has 2 bridgehead atoms. The number of fused-ring (bicyclic) bond motifs is 2. The van der Waals surface area contributed by atoms with Crippen LogP contribution in [-0.2, 0) is 30.8 Å². The summed E-state index contributed by atoms with van der Waals surface area (Å²) in [7, 11) is -2.82. The van der Waals surface area contributed by atoms with Crippen LogP contribution in [0, 0.1) is 11.7 Å². The molecule has 3 unspecified atom stereocenters. The van der Waals surface area contributed by atoms with Crippen LogP contribution in [0.4, 0.5) is 4.39 Å². The van der Waals surface area contributed by atoms with Gasteiger partial charge < -0.3 is 9.84 Å². The maximum absolute atomic E-state index is 14.2. The molecule has 0 spiro atoms. The second-order valence-electron chi connectivity index (χ2n) is 6.32. The Kier molecular flexibility index (Phi) is 4.54. The molecule has 2 fully saturated rings. The van der Waals surface area contributed by atoms with Crippen LogP contribution in [0.1, 0.15) is 24.8 Å². The number of aliphatic carboxylic acids is 1. The third kappa shape index (κ3) is 3.02. The summed E-state index contributed by atoms with van der Waals surface area (Å²) < 4.78 is 45.6. The predicted molar refractivity (Wildman–Crippen MR) is 83.7 cm³/mol. The van der Waals surface area contributed by atoms with Crippen molar-refractivity contribution in [2.45, 2.75) is 42.7 Å². The Bertz CT molecular complexity index is 824. The average molecular weight is 371 g/mol. The molecule has 1 aromatic rings. The van der Waals surface area contributed by atoms with E-state index in [2.05, 4.69) is 4.74 Å². The van der Waals surface area contributed by atoms with Gasteiger partial charge in [-0.15, -0.1) is 0 Å². The number of rotatable bonds is 5. The normalized spacial score (nSPS) is 25.9. The van der Waals surface area contributed by atoms with Crippen molar-refractivity contribution < 1.29 is 32.2 Å². The Morgan fingerprint density at radius 1 is 1.36 bits per heavy atom. The lowest BCUT2D eigenvalue weighted by atomic mass is 9.89. The topological polar surface area (TPSA) is 101 Å². The summed E-state index contributed by atoms with van der Waals surface area (Å²) in [5.41, 5.74) is 0.0404. The number of esters is 1. The number of nitrogens with zero attached hydrogens (tertiary/aromatic N) is 1. The van der Waals surface area contributed by atoms with Gasteiger partial charge in [0.2, 0.25) is 10.0 Å². The highest BCUT2D eigenvalue weighted by molar-refractivity contribution is 7.89. The van der Waals surface area contributed by atoms with E-state index in [0.29, 0.717) is 12.8 Å². The number of carbonyl (C=O) groups excluding carboxylic acids is 1. The summed E-state index contributed by atoms with van der Waals surface area (Å²) in [6.45, 7) is 0. The summed E-state index contributed by atoms with van der Waals surface area (Å²) in [6, 6.07) is 2.40. The number of halogens is 1. The van der Waals surface area contributed by atoms with Crippen LogP contribution in [0.15, 0.2) is 23.1 Å². The van der Waals surface area contributed by atoms with E-state index in [1.165, 1.54) is 23.5 Å². The van der Waals surface area contributed by atoms with Gasteiger partial charge >= 0.3 is 11.9 Å². The van der Waals surface area contributed by atoms with E-state index in [9.17, 15) is 27.5 Å². The first kappa shape index (κ1) is 17.8. The molecule has 0 aliphatic carbocycles. The second-order valence-corrected chi connectivity index (χ2v) is 8.16. The van der Waals surface area contributed by atoms with Crippen molar-refractivity contribution in [1.29, 1.82) is 0 Å². The smallest absolute Gasteiger partial charge is 0.310 e. The molecule has 0 aromatic heterocycles. The van der Waals surface area contributed by atoms with Crippen LogP contribution in [0.2, 0.25) is 0 Å². The zero-order valence-corrected chi connectivity index (χ0v) is 14.3. The monoisotopic (exact) mass is 371 g/mol. The molecule has 3 rings (SSSR count). The van der Waals surface area contributed by atoms with Gasteiger partial charge in [0.1, 0.15) is 5.82 Å². The average Bonchev–Trinajstić information content (AvgIpc) is 3.15. The minimum atomic E-state index is -4.00. The lowest BCUT2D eigenvalue weighted by Crippen LogP contribution is -2.37. The van der Waals surface area contributed by atoms with Crippen molar-refractivity contribution in [3.63, 3.8) is 0 Å². The first-order valence-electron chi connectivity index (χ1n) is 7.87. The number of methoxy groups -OCH3 is 1. The quantitative estimate of drug-likeness (QED) is 0.780. The van der Waals surface area contributed by atoms with E-state index in [1.807, 2.05) is 0 Å². The van der Waals surface area contributed by atoms with Crippen LogP contribution < -0.4 is 0 Å². The molecule has 0 radical (unpaired) electrons. The van der Waals surface area contributed by atoms with Gasteiger partial charge in [0.15, 0.2) is 0 Å². The number of ether oxygens (including phenoxy) is 1. The van der Waals surface area contributed by atoms with Crippen molar-refractivity contribution in [1.82, 2.24) is 4.31 Å². The van der Waals surface area contributed by atoms with Gasteiger partial charge in [0.25, 0.3) is 0 Å².